The van der Waals surface area contributed by atoms with E-state index >= 15 is 0 Å². The fraction of sp³-hybridized carbons (Fsp3) is 0.571. The highest BCUT2D eigenvalue weighted by atomic mass is 35.5. The lowest BCUT2D eigenvalue weighted by molar-refractivity contribution is 0.0867. The maximum Gasteiger partial charge on any atom is 0.0717 e. The first-order chi connectivity index (χ1) is 7.72. The summed E-state index contributed by atoms with van der Waals surface area (Å²) in [6, 6.07) is 10.2. The maximum absolute atomic E-state index is 5.91. The lowest BCUT2D eigenvalue weighted by Crippen LogP contribution is -2.13. The lowest BCUT2D eigenvalue weighted by atomic mass is 10.00. The number of ether oxygens (including phenoxy) is 1. The standard InChI is InChI=1S/C14H21ClO/c1-12(2)8-14(9-15)11-16-10-13-6-4-3-5-7-13/h3-7,12,14H,8-11H2,1-2H3. The second-order valence-electron chi connectivity index (χ2n) is 4.65. The number of rotatable bonds is 7. The molecule has 1 atom stereocenters. The third kappa shape index (κ3) is 5.53. The average Bonchev–Trinajstić information content (AvgIpc) is 2.28. The highest BCUT2D eigenvalue weighted by molar-refractivity contribution is 6.18. The Morgan fingerprint density at radius 2 is 1.88 bits per heavy atom. The van der Waals surface area contributed by atoms with Crippen molar-refractivity contribution in [2.45, 2.75) is 26.9 Å². The third-order valence-electron chi connectivity index (χ3n) is 2.49. The van der Waals surface area contributed by atoms with Crippen LogP contribution in [0.15, 0.2) is 30.3 Å². The fourth-order valence-corrected chi connectivity index (χ4v) is 1.97. The van der Waals surface area contributed by atoms with E-state index in [1.807, 2.05) is 18.2 Å². The van der Waals surface area contributed by atoms with E-state index in [1.54, 1.807) is 0 Å². The van der Waals surface area contributed by atoms with Crippen molar-refractivity contribution in [2.24, 2.45) is 11.8 Å². The van der Waals surface area contributed by atoms with Crippen molar-refractivity contribution in [3.05, 3.63) is 35.9 Å². The van der Waals surface area contributed by atoms with Gasteiger partial charge in [-0.25, -0.2) is 0 Å². The second-order valence-corrected chi connectivity index (χ2v) is 4.96. The number of benzene rings is 1. The first kappa shape index (κ1) is 13.5. The minimum atomic E-state index is 0.477. The lowest BCUT2D eigenvalue weighted by Gasteiger charge is -2.16. The number of hydrogen-bond donors (Lipinski definition) is 0. The summed E-state index contributed by atoms with van der Waals surface area (Å²) in [7, 11) is 0. The Hall–Kier alpha value is -0.530. The monoisotopic (exact) mass is 240 g/mol. The van der Waals surface area contributed by atoms with Crippen LogP contribution in [0.2, 0.25) is 0 Å². The van der Waals surface area contributed by atoms with Gasteiger partial charge in [-0.05, 0) is 23.8 Å². The Labute approximate surface area is 104 Å². The van der Waals surface area contributed by atoms with Gasteiger partial charge in [0.25, 0.3) is 0 Å². The van der Waals surface area contributed by atoms with Gasteiger partial charge in [0.15, 0.2) is 0 Å². The van der Waals surface area contributed by atoms with E-state index in [9.17, 15) is 0 Å². The Bertz CT molecular complexity index is 271. The summed E-state index contributed by atoms with van der Waals surface area (Å²) in [5, 5.41) is 0. The highest BCUT2D eigenvalue weighted by Crippen LogP contribution is 2.14. The van der Waals surface area contributed by atoms with Crippen molar-refractivity contribution in [2.75, 3.05) is 12.5 Å². The molecule has 0 heterocycles. The molecule has 0 saturated heterocycles. The molecule has 1 aromatic rings. The molecule has 0 aliphatic rings. The van der Waals surface area contributed by atoms with Crippen LogP contribution < -0.4 is 0 Å². The van der Waals surface area contributed by atoms with Crippen LogP contribution in [0, 0.1) is 11.8 Å². The molecule has 0 aliphatic heterocycles. The van der Waals surface area contributed by atoms with Crippen LogP contribution in [-0.4, -0.2) is 12.5 Å². The first-order valence-corrected chi connectivity index (χ1v) is 6.43. The molecule has 0 fully saturated rings. The maximum atomic E-state index is 5.91. The average molecular weight is 241 g/mol. The van der Waals surface area contributed by atoms with Crippen molar-refractivity contribution in [3.8, 4) is 0 Å². The minimum absolute atomic E-state index is 0.477. The predicted molar refractivity (Wildman–Crippen MR) is 69.8 cm³/mol. The van der Waals surface area contributed by atoms with Gasteiger partial charge in [0.1, 0.15) is 0 Å². The van der Waals surface area contributed by atoms with Crippen LogP contribution in [-0.2, 0) is 11.3 Å². The molecule has 1 aromatic carbocycles. The van der Waals surface area contributed by atoms with Crippen LogP contribution >= 0.6 is 11.6 Å². The molecule has 0 aromatic heterocycles. The largest absolute Gasteiger partial charge is 0.376 e. The van der Waals surface area contributed by atoms with Gasteiger partial charge in [0, 0.05) is 5.88 Å². The van der Waals surface area contributed by atoms with Crippen LogP contribution in [0.4, 0.5) is 0 Å². The molecular weight excluding hydrogens is 220 g/mol. The molecular formula is C14H21ClO. The van der Waals surface area contributed by atoms with E-state index < -0.39 is 0 Å². The van der Waals surface area contributed by atoms with Crippen molar-refractivity contribution < 1.29 is 4.74 Å². The van der Waals surface area contributed by atoms with E-state index in [0.29, 0.717) is 24.3 Å². The molecule has 0 N–H and O–H groups in total. The molecule has 1 nitrogen and oxygen atoms in total. The van der Waals surface area contributed by atoms with Gasteiger partial charge in [0.2, 0.25) is 0 Å². The van der Waals surface area contributed by atoms with Gasteiger partial charge in [-0.1, -0.05) is 44.2 Å². The first-order valence-electron chi connectivity index (χ1n) is 5.90. The Balaban J connectivity index is 2.23. The summed E-state index contributed by atoms with van der Waals surface area (Å²) in [4.78, 5) is 0. The van der Waals surface area contributed by atoms with Gasteiger partial charge in [0.05, 0.1) is 13.2 Å². The molecule has 1 rings (SSSR count). The zero-order valence-electron chi connectivity index (χ0n) is 10.2. The Kier molecular flexibility index (Phi) is 6.51. The van der Waals surface area contributed by atoms with E-state index in [0.717, 1.165) is 13.0 Å². The summed E-state index contributed by atoms with van der Waals surface area (Å²) in [5.41, 5.74) is 1.22. The van der Waals surface area contributed by atoms with Crippen molar-refractivity contribution in [1.29, 1.82) is 0 Å². The van der Waals surface area contributed by atoms with Gasteiger partial charge < -0.3 is 4.74 Å². The summed E-state index contributed by atoms with van der Waals surface area (Å²) in [5.74, 6) is 1.85. The highest BCUT2D eigenvalue weighted by Gasteiger charge is 2.09. The van der Waals surface area contributed by atoms with Gasteiger partial charge in [-0.15, -0.1) is 11.6 Å². The quantitative estimate of drug-likeness (QED) is 0.652. The molecule has 0 radical (unpaired) electrons. The Morgan fingerprint density at radius 3 is 2.44 bits per heavy atom. The number of halogens is 1. The number of hydrogen-bond acceptors (Lipinski definition) is 1. The van der Waals surface area contributed by atoms with Gasteiger partial charge in [-0.3, -0.25) is 0 Å². The summed E-state index contributed by atoms with van der Waals surface area (Å²) < 4.78 is 5.69. The smallest absolute Gasteiger partial charge is 0.0717 e. The molecule has 16 heavy (non-hydrogen) atoms. The third-order valence-corrected chi connectivity index (χ3v) is 2.92. The summed E-state index contributed by atoms with van der Waals surface area (Å²) in [6.45, 7) is 5.89. The summed E-state index contributed by atoms with van der Waals surface area (Å²) >= 11 is 5.91. The molecule has 90 valence electrons. The topological polar surface area (TPSA) is 9.23 Å². The van der Waals surface area contributed by atoms with Crippen LogP contribution in [0.1, 0.15) is 25.8 Å². The molecule has 0 spiro atoms. The van der Waals surface area contributed by atoms with Crippen molar-refractivity contribution in [1.82, 2.24) is 0 Å². The van der Waals surface area contributed by atoms with Gasteiger partial charge >= 0.3 is 0 Å². The van der Waals surface area contributed by atoms with Crippen molar-refractivity contribution in [3.63, 3.8) is 0 Å². The molecule has 0 aliphatic carbocycles. The minimum Gasteiger partial charge on any atom is -0.376 e. The van der Waals surface area contributed by atoms with E-state index in [2.05, 4.69) is 26.0 Å². The fourth-order valence-electron chi connectivity index (χ4n) is 1.76. The number of alkyl halides is 1. The molecule has 1 unspecified atom stereocenters. The molecule has 2 heteroatoms. The predicted octanol–water partition coefficient (Wildman–Crippen LogP) is 4.10. The normalized spacial score (nSPS) is 13.0. The zero-order chi connectivity index (χ0) is 11.8. The molecule has 0 bridgehead atoms. The molecule has 0 amide bonds. The van der Waals surface area contributed by atoms with Crippen LogP contribution in [0.25, 0.3) is 0 Å². The Morgan fingerprint density at radius 1 is 1.19 bits per heavy atom. The van der Waals surface area contributed by atoms with Crippen LogP contribution in [0.5, 0.6) is 0 Å². The SMILES string of the molecule is CC(C)CC(CCl)COCc1ccccc1. The van der Waals surface area contributed by atoms with Gasteiger partial charge in [-0.2, -0.15) is 0 Å². The molecule has 0 saturated carbocycles. The van der Waals surface area contributed by atoms with E-state index in [4.69, 9.17) is 16.3 Å². The van der Waals surface area contributed by atoms with Crippen molar-refractivity contribution >= 4 is 11.6 Å². The second kappa shape index (κ2) is 7.70. The van der Waals surface area contributed by atoms with Crippen LogP contribution in [0.3, 0.4) is 0 Å². The summed E-state index contributed by atoms with van der Waals surface area (Å²) in [6.07, 6.45) is 1.14. The van der Waals surface area contributed by atoms with E-state index in [-0.39, 0.29) is 0 Å². The van der Waals surface area contributed by atoms with E-state index in [1.165, 1.54) is 5.56 Å². The zero-order valence-corrected chi connectivity index (χ0v) is 10.9.